The second-order valence-electron chi connectivity index (χ2n) is 6.75. The number of benzene rings is 1. The van der Waals surface area contributed by atoms with Crippen LogP contribution >= 0.6 is 22.9 Å². The first-order valence-electron chi connectivity index (χ1n) is 9.32. The van der Waals surface area contributed by atoms with Gasteiger partial charge in [0.05, 0.1) is 38.1 Å². The van der Waals surface area contributed by atoms with Gasteiger partial charge in [0.2, 0.25) is 5.91 Å². The van der Waals surface area contributed by atoms with Crippen LogP contribution in [0.3, 0.4) is 0 Å². The number of ether oxygens (including phenoxy) is 3. The highest BCUT2D eigenvalue weighted by Crippen LogP contribution is 2.40. The van der Waals surface area contributed by atoms with Crippen LogP contribution in [0, 0.1) is 0 Å². The molecule has 6 nitrogen and oxygen atoms in total. The molecule has 0 radical (unpaired) electrons. The molecular weight excluding hydrogens is 414 g/mol. The number of hydrogen-bond donors (Lipinski definition) is 0. The molecule has 1 amide bonds. The minimum absolute atomic E-state index is 0.00357. The first kappa shape index (κ1) is 21.5. The van der Waals surface area contributed by atoms with Gasteiger partial charge in [-0.3, -0.25) is 9.59 Å². The maximum atomic E-state index is 13.0. The topological polar surface area (TPSA) is 65.1 Å². The number of carbonyl (C=O) groups is 2. The lowest BCUT2D eigenvalue weighted by atomic mass is 9.89. The van der Waals surface area contributed by atoms with Crippen molar-refractivity contribution in [3.05, 3.63) is 44.6 Å². The molecule has 29 heavy (non-hydrogen) atoms. The van der Waals surface area contributed by atoms with Crippen molar-refractivity contribution in [3.8, 4) is 11.5 Å². The molecule has 1 unspecified atom stereocenters. The third-order valence-corrected chi connectivity index (χ3v) is 6.42. The molecule has 0 saturated heterocycles. The van der Waals surface area contributed by atoms with Crippen LogP contribution in [0.25, 0.3) is 0 Å². The number of rotatable bonds is 7. The van der Waals surface area contributed by atoms with Gasteiger partial charge >= 0.3 is 5.97 Å². The number of aryl methyl sites for hydroxylation is 1. The molecule has 0 fully saturated rings. The SMILES string of the molecule is COC(=O)CC1c2cc(OC)c(OC)cc2CCN1C(=O)CCc1ccc(Cl)s1. The van der Waals surface area contributed by atoms with Gasteiger partial charge < -0.3 is 19.1 Å². The number of fused-ring (bicyclic) bond motifs is 1. The fourth-order valence-electron chi connectivity index (χ4n) is 3.65. The van der Waals surface area contributed by atoms with Crippen LogP contribution in [0.2, 0.25) is 4.34 Å². The lowest BCUT2D eigenvalue weighted by Crippen LogP contribution is -2.41. The number of carbonyl (C=O) groups excluding carboxylic acids is 2. The molecule has 1 aliphatic rings. The van der Waals surface area contributed by atoms with Gasteiger partial charge in [-0.25, -0.2) is 0 Å². The minimum Gasteiger partial charge on any atom is -0.493 e. The maximum Gasteiger partial charge on any atom is 0.307 e. The molecule has 0 saturated carbocycles. The van der Waals surface area contributed by atoms with E-state index in [2.05, 4.69) is 0 Å². The van der Waals surface area contributed by atoms with Crippen molar-refractivity contribution in [2.24, 2.45) is 0 Å². The smallest absolute Gasteiger partial charge is 0.307 e. The van der Waals surface area contributed by atoms with E-state index >= 15 is 0 Å². The summed E-state index contributed by atoms with van der Waals surface area (Å²) in [5.41, 5.74) is 1.94. The van der Waals surface area contributed by atoms with E-state index in [1.54, 1.807) is 19.1 Å². The zero-order valence-electron chi connectivity index (χ0n) is 16.7. The highest BCUT2D eigenvalue weighted by molar-refractivity contribution is 7.16. The summed E-state index contributed by atoms with van der Waals surface area (Å²) < 4.78 is 16.4. The Hall–Kier alpha value is -2.25. The largest absolute Gasteiger partial charge is 0.493 e. The highest BCUT2D eigenvalue weighted by atomic mass is 35.5. The second-order valence-corrected chi connectivity index (χ2v) is 8.54. The Morgan fingerprint density at radius 2 is 1.90 bits per heavy atom. The van der Waals surface area contributed by atoms with E-state index < -0.39 is 6.04 Å². The van der Waals surface area contributed by atoms with Crippen LogP contribution in [-0.2, 0) is 27.2 Å². The standard InChI is InChI=1S/C21H24ClNO5S/c1-26-17-10-13-8-9-23(20(24)7-5-14-4-6-19(22)29-14)16(12-21(25)28-3)15(13)11-18(17)27-2/h4,6,10-11,16H,5,7-9,12H2,1-3H3. The van der Waals surface area contributed by atoms with Gasteiger partial charge in [-0.15, -0.1) is 11.3 Å². The van der Waals surface area contributed by atoms with Crippen molar-refractivity contribution in [3.63, 3.8) is 0 Å². The molecule has 2 aromatic rings. The molecule has 1 atom stereocenters. The van der Waals surface area contributed by atoms with Crippen molar-refractivity contribution < 1.29 is 23.8 Å². The zero-order chi connectivity index (χ0) is 21.0. The second kappa shape index (κ2) is 9.50. The fourth-order valence-corrected chi connectivity index (χ4v) is 4.73. The summed E-state index contributed by atoms with van der Waals surface area (Å²) in [4.78, 5) is 28.0. The Morgan fingerprint density at radius 1 is 1.17 bits per heavy atom. The summed E-state index contributed by atoms with van der Waals surface area (Å²) in [6, 6.07) is 7.16. The van der Waals surface area contributed by atoms with E-state index in [1.807, 2.05) is 24.3 Å². The lowest BCUT2D eigenvalue weighted by molar-refractivity contribution is -0.144. The third-order valence-electron chi connectivity index (χ3n) is 5.12. The quantitative estimate of drug-likeness (QED) is 0.611. The van der Waals surface area contributed by atoms with Crippen LogP contribution in [0.1, 0.15) is 34.9 Å². The molecular formula is C21H24ClNO5S. The summed E-state index contributed by atoms with van der Waals surface area (Å²) in [5, 5.41) is 0. The Bertz CT molecular complexity index is 897. The molecule has 156 valence electrons. The van der Waals surface area contributed by atoms with Gasteiger partial charge in [0, 0.05) is 17.8 Å². The van der Waals surface area contributed by atoms with Gasteiger partial charge in [0.1, 0.15) is 0 Å². The fraction of sp³-hybridized carbons (Fsp3) is 0.429. The summed E-state index contributed by atoms with van der Waals surface area (Å²) in [7, 11) is 4.51. The lowest BCUT2D eigenvalue weighted by Gasteiger charge is -2.37. The van der Waals surface area contributed by atoms with E-state index in [4.69, 9.17) is 25.8 Å². The van der Waals surface area contributed by atoms with Gasteiger partial charge in [-0.05, 0) is 48.2 Å². The van der Waals surface area contributed by atoms with Crippen LogP contribution in [0.5, 0.6) is 11.5 Å². The van der Waals surface area contributed by atoms with Crippen molar-refractivity contribution in [1.29, 1.82) is 0 Å². The van der Waals surface area contributed by atoms with Crippen molar-refractivity contribution >= 4 is 34.8 Å². The number of esters is 1. The van der Waals surface area contributed by atoms with E-state index in [1.165, 1.54) is 18.4 Å². The summed E-state index contributed by atoms with van der Waals surface area (Å²) >= 11 is 7.46. The van der Waals surface area contributed by atoms with Crippen LogP contribution in [0.15, 0.2) is 24.3 Å². The van der Waals surface area contributed by atoms with Crippen molar-refractivity contribution in [1.82, 2.24) is 4.90 Å². The summed E-state index contributed by atoms with van der Waals surface area (Å²) in [6.07, 6.45) is 1.76. The van der Waals surface area contributed by atoms with Crippen LogP contribution in [0.4, 0.5) is 0 Å². The number of methoxy groups -OCH3 is 3. The molecule has 0 N–H and O–H groups in total. The Labute approximate surface area is 179 Å². The zero-order valence-corrected chi connectivity index (χ0v) is 18.3. The molecule has 0 spiro atoms. The monoisotopic (exact) mass is 437 g/mol. The number of thiophene rings is 1. The Balaban J connectivity index is 1.86. The number of nitrogens with zero attached hydrogens (tertiary/aromatic N) is 1. The molecule has 2 heterocycles. The maximum absolute atomic E-state index is 13.0. The molecule has 0 bridgehead atoms. The number of hydrogen-bond acceptors (Lipinski definition) is 6. The molecule has 1 aromatic carbocycles. The first-order valence-corrected chi connectivity index (χ1v) is 10.5. The van der Waals surface area contributed by atoms with E-state index in [0.717, 1.165) is 16.0 Å². The normalized spacial score (nSPS) is 15.6. The minimum atomic E-state index is -0.398. The van der Waals surface area contributed by atoms with Crippen LogP contribution in [-0.4, -0.2) is 44.7 Å². The average Bonchev–Trinajstić information content (AvgIpc) is 3.16. The van der Waals surface area contributed by atoms with Gasteiger partial charge in [-0.2, -0.15) is 0 Å². The van der Waals surface area contributed by atoms with Gasteiger partial charge in [-0.1, -0.05) is 11.6 Å². The van der Waals surface area contributed by atoms with E-state index in [9.17, 15) is 9.59 Å². The predicted molar refractivity (Wildman–Crippen MR) is 112 cm³/mol. The summed E-state index contributed by atoms with van der Waals surface area (Å²) in [6.45, 7) is 0.536. The van der Waals surface area contributed by atoms with Gasteiger partial charge in [0.15, 0.2) is 11.5 Å². The molecule has 8 heteroatoms. The predicted octanol–water partition coefficient (Wildman–Crippen LogP) is 4.04. The highest BCUT2D eigenvalue weighted by Gasteiger charge is 2.33. The summed E-state index contributed by atoms with van der Waals surface area (Å²) in [5.74, 6) is 0.852. The van der Waals surface area contributed by atoms with E-state index in [0.29, 0.717) is 41.6 Å². The molecule has 0 aliphatic carbocycles. The van der Waals surface area contributed by atoms with Crippen LogP contribution < -0.4 is 9.47 Å². The Morgan fingerprint density at radius 3 is 2.52 bits per heavy atom. The number of halogens is 1. The number of amides is 1. The van der Waals surface area contributed by atoms with Gasteiger partial charge in [0.25, 0.3) is 0 Å². The molecule has 1 aliphatic heterocycles. The molecule has 3 rings (SSSR count). The molecule has 1 aromatic heterocycles. The first-order chi connectivity index (χ1) is 14.0. The third kappa shape index (κ3) is 4.85. The van der Waals surface area contributed by atoms with E-state index in [-0.39, 0.29) is 18.3 Å². The average molecular weight is 438 g/mol. The Kier molecular flexibility index (Phi) is 7.03. The van der Waals surface area contributed by atoms with Crippen molar-refractivity contribution in [2.45, 2.75) is 31.7 Å². The van der Waals surface area contributed by atoms with Crippen molar-refractivity contribution in [2.75, 3.05) is 27.9 Å².